The third-order valence-electron chi connectivity index (χ3n) is 8.32. The number of allylic oxidation sites excluding steroid dienone is 5. The van der Waals surface area contributed by atoms with Crippen molar-refractivity contribution in [2.45, 2.75) is 6.92 Å². The molecular weight excluding hydrogens is 550 g/mol. The van der Waals surface area contributed by atoms with E-state index >= 15 is 0 Å². The van der Waals surface area contributed by atoms with Gasteiger partial charge in [0, 0.05) is 38.4 Å². The first-order valence-corrected chi connectivity index (χ1v) is 15.0. The number of aromatic nitrogens is 5. The van der Waals surface area contributed by atoms with Crippen LogP contribution in [0.25, 0.3) is 72.2 Å². The zero-order chi connectivity index (χ0) is 30.3. The second kappa shape index (κ2) is 10.9. The summed E-state index contributed by atoms with van der Waals surface area (Å²) < 4.78 is 4.58. The van der Waals surface area contributed by atoms with E-state index in [9.17, 15) is 0 Å². The van der Waals surface area contributed by atoms with Crippen molar-refractivity contribution in [3.63, 3.8) is 0 Å². The Morgan fingerprint density at radius 3 is 1.82 bits per heavy atom. The van der Waals surface area contributed by atoms with Gasteiger partial charge in [-0.1, -0.05) is 128 Å². The number of benzene rings is 5. The van der Waals surface area contributed by atoms with Gasteiger partial charge in [-0.15, -0.1) is 0 Å². The highest BCUT2D eigenvalue weighted by atomic mass is 15.2. The third-order valence-corrected chi connectivity index (χ3v) is 8.32. The SMILES string of the molecule is C=C/C=C\C(=C/C)c1nc(-c2ccccc2)nc(-n2c3ccccc3c3ccc4c5ccccc5n(-c5ccccc5)c4c32)n1. The Morgan fingerprint density at radius 1 is 0.600 bits per heavy atom. The highest BCUT2D eigenvalue weighted by Gasteiger charge is 2.23. The summed E-state index contributed by atoms with van der Waals surface area (Å²) in [5, 5.41) is 4.65. The summed E-state index contributed by atoms with van der Waals surface area (Å²) in [6, 6.07) is 42.3. The molecule has 45 heavy (non-hydrogen) atoms. The molecule has 0 saturated carbocycles. The second-order valence-electron chi connectivity index (χ2n) is 10.9. The van der Waals surface area contributed by atoms with Crippen LogP contribution in [0, 0.1) is 0 Å². The lowest BCUT2D eigenvalue weighted by molar-refractivity contribution is 0.932. The minimum Gasteiger partial charge on any atom is -0.307 e. The number of hydrogen-bond donors (Lipinski definition) is 0. The van der Waals surface area contributed by atoms with E-state index in [1.807, 2.05) is 55.5 Å². The van der Waals surface area contributed by atoms with Crippen molar-refractivity contribution >= 4 is 49.2 Å². The number of para-hydroxylation sites is 3. The fourth-order valence-electron chi connectivity index (χ4n) is 6.34. The molecular formula is C40H29N5. The molecule has 0 aliphatic rings. The molecule has 0 N–H and O–H groups in total. The van der Waals surface area contributed by atoms with Crippen LogP contribution in [0.5, 0.6) is 0 Å². The molecule has 3 aromatic heterocycles. The second-order valence-corrected chi connectivity index (χ2v) is 10.9. The van der Waals surface area contributed by atoms with Gasteiger partial charge in [0.2, 0.25) is 5.95 Å². The molecule has 5 nitrogen and oxygen atoms in total. The van der Waals surface area contributed by atoms with Gasteiger partial charge in [0.25, 0.3) is 0 Å². The molecule has 0 aliphatic carbocycles. The van der Waals surface area contributed by atoms with Gasteiger partial charge in [-0.05, 0) is 31.2 Å². The van der Waals surface area contributed by atoms with Crippen molar-refractivity contribution < 1.29 is 0 Å². The van der Waals surface area contributed by atoms with Gasteiger partial charge in [-0.2, -0.15) is 9.97 Å². The average Bonchev–Trinajstić information content (AvgIpc) is 3.62. The van der Waals surface area contributed by atoms with Crippen molar-refractivity contribution in [3.05, 3.63) is 158 Å². The van der Waals surface area contributed by atoms with Crippen LogP contribution in [0.4, 0.5) is 0 Å². The Bertz CT molecular complexity index is 2440. The molecule has 214 valence electrons. The molecule has 0 spiro atoms. The Morgan fingerprint density at radius 2 is 1.18 bits per heavy atom. The van der Waals surface area contributed by atoms with Crippen LogP contribution in [0.2, 0.25) is 0 Å². The Hall–Kier alpha value is -6.07. The van der Waals surface area contributed by atoms with E-state index in [1.54, 1.807) is 6.08 Å². The van der Waals surface area contributed by atoms with E-state index in [2.05, 4.69) is 107 Å². The van der Waals surface area contributed by atoms with Gasteiger partial charge in [0.15, 0.2) is 11.6 Å². The quantitative estimate of drug-likeness (QED) is 0.184. The van der Waals surface area contributed by atoms with Gasteiger partial charge >= 0.3 is 0 Å². The van der Waals surface area contributed by atoms with Gasteiger partial charge in [0.1, 0.15) is 0 Å². The average molecular weight is 580 g/mol. The molecule has 0 fully saturated rings. The number of rotatable bonds is 6. The fourth-order valence-corrected chi connectivity index (χ4v) is 6.34. The van der Waals surface area contributed by atoms with Crippen molar-refractivity contribution in [1.82, 2.24) is 24.1 Å². The molecule has 0 atom stereocenters. The molecule has 3 heterocycles. The normalized spacial score (nSPS) is 12.2. The van der Waals surface area contributed by atoms with E-state index in [0.29, 0.717) is 17.6 Å². The maximum absolute atomic E-state index is 5.17. The third kappa shape index (κ3) is 4.28. The summed E-state index contributed by atoms with van der Waals surface area (Å²) in [7, 11) is 0. The van der Waals surface area contributed by atoms with Crippen molar-refractivity contribution in [1.29, 1.82) is 0 Å². The van der Waals surface area contributed by atoms with Crippen LogP contribution in [0.15, 0.2) is 152 Å². The van der Waals surface area contributed by atoms with Gasteiger partial charge in [-0.25, -0.2) is 4.98 Å². The van der Waals surface area contributed by atoms with Gasteiger partial charge in [0.05, 0.1) is 22.1 Å². The smallest absolute Gasteiger partial charge is 0.238 e. The molecule has 0 unspecified atom stereocenters. The van der Waals surface area contributed by atoms with Crippen LogP contribution in [-0.2, 0) is 0 Å². The minimum atomic E-state index is 0.564. The highest BCUT2D eigenvalue weighted by molar-refractivity contribution is 6.23. The van der Waals surface area contributed by atoms with E-state index in [4.69, 9.17) is 15.0 Å². The lowest BCUT2D eigenvalue weighted by Crippen LogP contribution is -2.08. The van der Waals surface area contributed by atoms with Gasteiger partial charge in [-0.3, -0.25) is 4.57 Å². The first-order valence-electron chi connectivity index (χ1n) is 15.0. The minimum absolute atomic E-state index is 0.564. The number of fused-ring (bicyclic) bond motifs is 7. The summed E-state index contributed by atoms with van der Waals surface area (Å²) in [4.78, 5) is 15.3. The van der Waals surface area contributed by atoms with E-state index in [0.717, 1.165) is 49.7 Å². The predicted octanol–water partition coefficient (Wildman–Crippen LogP) is 9.88. The maximum Gasteiger partial charge on any atom is 0.238 e. The monoisotopic (exact) mass is 579 g/mol. The fraction of sp³-hybridized carbons (Fsp3) is 0.0250. The predicted molar refractivity (Wildman–Crippen MR) is 187 cm³/mol. The van der Waals surface area contributed by atoms with Gasteiger partial charge < -0.3 is 4.57 Å². The lowest BCUT2D eigenvalue weighted by atomic mass is 10.1. The first-order chi connectivity index (χ1) is 22.3. The van der Waals surface area contributed by atoms with Crippen LogP contribution in [0.3, 0.4) is 0 Å². The molecule has 0 saturated heterocycles. The van der Waals surface area contributed by atoms with E-state index < -0.39 is 0 Å². The van der Waals surface area contributed by atoms with E-state index in [1.165, 1.54) is 10.8 Å². The van der Waals surface area contributed by atoms with Crippen molar-refractivity contribution in [2.75, 3.05) is 0 Å². The highest BCUT2D eigenvalue weighted by Crippen LogP contribution is 2.41. The van der Waals surface area contributed by atoms with E-state index in [-0.39, 0.29) is 0 Å². The molecule has 5 heteroatoms. The summed E-state index contributed by atoms with van der Waals surface area (Å²) in [5.74, 6) is 1.78. The zero-order valence-electron chi connectivity index (χ0n) is 24.8. The standard InChI is InChI=1S/C40H29N5/c1-3-5-16-27(4-2)38-41-39(28-17-8-6-9-18-28)43-40(42-38)45-35-24-15-13-22-31(35)33-26-25-32-30-21-12-14-23-34(30)44(36(32)37(33)45)29-19-10-7-11-20-29/h3-26H,1H2,2H3/b16-5-,27-4+. The summed E-state index contributed by atoms with van der Waals surface area (Å²) in [5.41, 5.74) is 7.25. The lowest BCUT2D eigenvalue weighted by Gasteiger charge is -2.13. The molecule has 0 aliphatic heterocycles. The Balaban J connectivity index is 1.56. The Kier molecular flexibility index (Phi) is 6.42. The summed E-state index contributed by atoms with van der Waals surface area (Å²) in [6.07, 6.45) is 7.67. The molecule has 0 radical (unpaired) electrons. The van der Waals surface area contributed by atoms with Crippen LogP contribution < -0.4 is 0 Å². The molecule has 5 aromatic carbocycles. The Labute approximate surface area is 260 Å². The van der Waals surface area contributed by atoms with Crippen molar-refractivity contribution in [2.24, 2.45) is 0 Å². The van der Waals surface area contributed by atoms with Crippen LogP contribution >= 0.6 is 0 Å². The summed E-state index contributed by atoms with van der Waals surface area (Å²) in [6.45, 7) is 5.86. The summed E-state index contributed by atoms with van der Waals surface area (Å²) >= 11 is 0. The molecule has 8 aromatic rings. The number of hydrogen-bond acceptors (Lipinski definition) is 3. The topological polar surface area (TPSA) is 48.5 Å². The number of nitrogens with zero attached hydrogens (tertiary/aromatic N) is 5. The largest absolute Gasteiger partial charge is 0.307 e. The maximum atomic E-state index is 5.17. The van der Waals surface area contributed by atoms with Crippen LogP contribution in [0.1, 0.15) is 12.7 Å². The van der Waals surface area contributed by atoms with Crippen LogP contribution in [-0.4, -0.2) is 24.1 Å². The molecule has 0 bridgehead atoms. The molecule has 0 amide bonds. The van der Waals surface area contributed by atoms with Crippen molar-refractivity contribution in [3.8, 4) is 23.0 Å². The zero-order valence-corrected chi connectivity index (χ0v) is 24.8. The molecule has 8 rings (SSSR count). The first kappa shape index (κ1) is 26.5.